The van der Waals surface area contributed by atoms with Crippen LogP contribution in [0.25, 0.3) is 0 Å². The van der Waals surface area contributed by atoms with Crippen molar-refractivity contribution in [1.82, 2.24) is 9.97 Å². The Morgan fingerprint density at radius 1 is 1.44 bits per heavy atom. The monoisotopic (exact) mass is 267 g/mol. The third-order valence-electron chi connectivity index (χ3n) is 1.38. The molecule has 1 heterocycles. The number of hydrogen-bond acceptors (Lipinski definition) is 4. The second kappa shape index (κ2) is 4.76. The summed E-state index contributed by atoms with van der Waals surface area (Å²) in [6, 6.07) is 1.64. The Bertz CT molecular complexity index is 442. The first-order chi connectivity index (χ1) is 7.33. The van der Waals surface area contributed by atoms with Gasteiger partial charge < -0.3 is 4.74 Å². The van der Waals surface area contributed by atoms with Crippen LogP contribution in [0, 0.1) is 11.3 Å². The predicted molar refractivity (Wildman–Crippen MR) is 52.9 cm³/mol. The summed E-state index contributed by atoms with van der Waals surface area (Å²) in [5.41, 5.74) is -0.227. The summed E-state index contributed by atoms with van der Waals surface area (Å²) in [7, 11) is 0. The first-order valence-electron chi connectivity index (χ1n) is 3.97. The van der Waals surface area contributed by atoms with E-state index in [0.29, 0.717) is 6.92 Å². The van der Waals surface area contributed by atoms with Crippen LogP contribution < -0.4 is 4.74 Å². The number of aromatic nitrogens is 2. The van der Waals surface area contributed by atoms with Gasteiger partial charge in [-0.05, 0) is 11.6 Å². The van der Waals surface area contributed by atoms with Crippen LogP contribution in [0.1, 0.15) is 12.5 Å². The lowest BCUT2D eigenvalue weighted by atomic mass is 10.3. The maximum absolute atomic E-state index is 12.5. The molecule has 0 N–H and O–H groups in total. The Balaban J connectivity index is 3.00. The lowest BCUT2D eigenvalue weighted by molar-refractivity contribution is -0.0243. The molecule has 0 fully saturated rings. The smallest absolute Gasteiger partial charge is 0.278 e. The molecule has 4 nitrogen and oxygen atoms in total. The standard InChI is InChI=1S/C8H5Cl2F2N3O/c1-8(11,12)3-16-6-4(2-13)5(9)14-7(10)15-6/h3H2,1H3. The summed E-state index contributed by atoms with van der Waals surface area (Å²) < 4.78 is 29.7. The highest BCUT2D eigenvalue weighted by Gasteiger charge is 2.24. The zero-order chi connectivity index (χ0) is 12.3. The molecule has 16 heavy (non-hydrogen) atoms. The van der Waals surface area contributed by atoms with Gasteiger partial charge in [0.05, 0.1) is 0 Å². The Kier molecular flexibility index (Phi) is 3.83. The van der Waals surface area contributed by atoms with Crippen molar-refractivity contribution in [1.29, 1.82) is 5.26 Å². The van der Waals surface area contributed by atoms with Crippen LogP contribution in [0.4, 0.5) is 8.78 Å². The second-order valence-corrected chi connectivity index (χ2v) is 3.63. The molecule has 8 heteroatoms. The summed E-state index contributed by atoms with van der Waals surface area (Å²) >= 11 is 11.0. The molecule has 0 saturated carbocycles. The van der Waals surface area contributed by atoms with Crippen LogP contribution in [0.2, 0.25) is 10.4 Å². The molecule has 86 valence electrons. The number of nitriles is 1. The Morgan fingerprint density at radius 3 is 2.56 bits per heavy atom. The topological polar surface area (TPSA) is 58.8 Å². The van der Waals surface area contributed by atoms with E-state index < -0.39 is 12.5 Å². The second-order valence-electron chi connectivity index (χ2n) is 2.93. The summed E-state index contributed by atoms with van der Waals surface area (Å²) in [4.78, 5) is 6.98. The first-order valence-corrected chi connectivity index (χ1v) is 4.73. The van der Waals surface area contributed by atoms with E-state index in [-0.39, 0.29) is 21.9 Å². The normalized spacial score (nSPS) is 11.0. The van der Waals surface area contributed by atoms with E-state index in [4.69, 9.17) is 28.5 Å². The zero-order valence-electron chi connectivity index (χ0n) is 7.97. The van der Waals surface area contributed by atoms with Crippen LogP contribution in [0.5, 0.6) is 5.88 Å². The minimum atomic E-state index is -3.05. The zero-order valence-corrected chi connectivity index (χ0v) is 9.48. The van der Waals surface area contributed by atoms with Gasteiger partial charge in [0.2, 0.25) is 11.2 Å². The highest BCUT2D eigenvalue weighted by Crippen LogP contribution is 2.25. The fourth-order valence-corrected chi connectivity index (χ4v) is 1.19. The SMILES string of the molecule is CC(F)(F)COc1nc(Cl)nc(Cl)c1C#N. The van der Waals surface area contributed by atoms with Crippen LogP contribution in [0.15, 0.2) is 0 Å². The van der Waals surface area contributed by atoms with Crippen LogP contribution in [0.3, 0.4) is 0 Å². The number of rotatable bonds is 3. The molecule has 0 aliphatic carbocycles. The number of ether oxygens (including phenoxy) is 1. The molecule has 0 atom stereocenters. The van der Waals surface area contributed by atoms with E-state index in [0.717, 1.165) is 0 Å². The van der Waals surface area contributed by atoms with Crippen LogP contribution >= 0.6 is 23.2 Å². The lowest BCUT2D eigenvalue weighted by Gasteiger charge is -2.12. The van der Waals surface area contributed by atoms with Crippen LogP contribution in [-0.4, -0.2) is 22.5 Å². The number of alkyl halides is 2. The van der Waals surface area contributed by atoms with E-state index in [1.54, 1.807) is 6.07 Å². The third-order valence-corrected chi connectivity index (χ3v) is 1.82. The van der Waals surface area contributed by atoms with Gasteiger partial charge >= 0.3 is 0 Å². The van der Waals surface area contributed by atoms with E-state index in [2.05, 4.69) is 14.7 Å². The molecule has 0 aromatic carbocycles. The largest absolute Gasteiger partial charge is 0.470 e. The minimum Gasteiger partial charge on any atom is -0.470 e. The average Bonchev–Trinajstić information content (AvgIpc) is 2.12. The van der Waals surface area contributed by atoms with Crippen molar-refractivity contribution >= 4 is 23.2 Å². The molecule has 0 spiro atoms. The van der Waals surface area contributed by atoms with Gasteiger partial charge in [-0.1, -0.05) is 11.6 Å². The Hall–Kier alpha value is -1.19. The molecule has 0 amide bonds. The van der Waals surface area contributed by atoms with Crippen molar-refractivity contribution in [2.24, 2.45) is 0 Å². The van der Waals surface area contributed by atoms with E-state index in [9.17, 15) is 8.78 Å². The number of halogens is 4. The van der Waals surface area contributed by atoms with Gasteiger partial charge in [0.15, 0.2) is 17.3 Å². The molecule has 1 aromatic rings. The predicted octanol–water partition coefficient (Wildman–Crippen LogP) is 2.69. The van der Waals surface area contributed by atoms with E-state index >= 15 is 0 Å². The molecule has 0 unspecified atom stereocenters. The highest BCUT2D eigenvalue weighted by molar-refractivity contribution is 6.32. The van der Waals surface area contributed by atoms with Gasteiger partial charge in [-0.15, -0.1) is 0 Å². The molecule has 0 aliphatic rings. The maximum Gasteiger partial charge on any atom is 0.278 e. The molecular formula is C8H5Cl2F2N3O. The van der Waals surface area contributed by atoms with Gasteiger partial charge in [0.25, 0.3) is 5.92 Å². The highest BCUT2D eigenvalue weighted by atomic mass is 35.5. The van der Waals surface area contributed by atoms with Crippen LogP contribution in [-0.2, 0) is 0 Å². The van der Waals surface area contributed by atoms with Crippen molar-refractivity contribution in [3.8, 4) is 11.9 Å². The molecule has 1 rings (SSSR count). The molecule has 0 radical (unpaired) electrons. The summed E-state index contributed by atoms with van der Waals surface area (Å²) in [6.07, 6.45) is 0. The van der Waals surface area contributed by atoms with E-state index in [1.165, 1.54) is 0 Å². The summed E-state index contributed by atoms with van der Waals surface area (Å²) in [5.74, 6) is -3.40. The number of nitrogens with zero attached hydrogens (tertiary/aromatic N) is 3. The molecule has 0 aliphatic heterocycles. The quantitative estimate of drug-likeness (QED) is 0.624. The minimum absolute atomic E-state index is 0.227. The van der Waals surface area contributed by atoms with Crippen molar-refractivity contribution in [3.05, 3.63) is 16.0 Å². The molecule has 0 bridgehead atoms. The fraction of sp³-hybridized carbons (Fsp3) is 0.375. The fourth-order valence-electron chi connectivity index (χ4n) is 0.783. The molecule has 1 aromatic heterocycles. The third kappa shape index (κ3) is 3.43. The maximum atomic E-state index is 12.5. The molecule has 0 saturated heterocycles. The Labute approximate surface area is 99.8 Å². The van der Waals surface area contributed by atoms with Crippen molar-refractivity contribution in [3.63, 3.8) is 0 Å². The van der Waals surface area contributed by atoms with Gasteiger partial charge in [0.1, 0.15) is 6.07 Å². The summed E-state index contributed by atoms with van der Waals surface area (Å²) in [5, 5.41) is 8.18. The first kappa shape index (κ1) is 12.9. The summed E-state index contributed by atoms with van der Waals surface area (Å²) in [6.45, 7) is -0.255. The van der Waals surface area contributed by atoms with Gasteiger partial charge in [0, 0.05) is 6.92 Å². The van der Waals surface area contributed by atoms with Gasteiger partial charge in [-0.2, -0.15) is 10.2 Å². The van der Waals surface area contributed by atoms with Crippen molar-refractivity contribution in [2.45, 2.75) is 12.8 Å². The molecular weight excluding hydrogens is 263 g/mol. The van der Waals surface area contributed by atoms with Gasteiger partial charge in [-0.3, -0.25) is 0 Å². The van der Waals surface area contributed by atoms with Gasteiger partial charge in [-0.25, -0.2) is 13.8 Å². The van der Waals surface area contributed by atoms with Crippen molar-refractivity contribution < 1.29 is 13.5 Å². The Morgan fingerprint density at radius 2 is 2.06 bits per heavy atom. The van der Waals surface area contributed by atoms with E-state index in [1.807, 2.05) is 0 Å². The van der Waals surface area contributed by atoms with Crippen molar-refractivity contribution in [2.75, 3.05) is 6.61 Å². The number of hydrogen-bond donors (Lipinski definition) is 0. The lowest BCUT2D eigenvalue weighted by Crippen LogP contribution is -2.21. The average molecular weight is 268 g/mol.